The molecule has 2 aromatic rings. The Morgan fingerprint density at radius 2 is 2.13 bits per heavy atom. The zero-order chi connectivity index (χ0) is 21.5. The molecule has 0 saturated carbocycles. The van der Waals surface area contributed by atoms with Crippen molar-refractivity contribution >= 4 is 17.4 Å². The van der Waals surface area contributed by atoms with Gasteiger partial charge in [-0.15, -0.1) is 11.3 Å². The number of amides is 1. The second-order valence-corrected chi connectivity index (χ2v) is 9.98. The summed E-state index contributed by atoms with van der Waals surface area (Å²) in [5, 5.41) is 10.3. The van der Waals surface area contributed by atoms with Crippen molar-refractivity contribution in [2.75, 3.05) is 0 Å². The highest BCUT2D eigenvalue weighted by molar-refractivity contribution is 7.14. The number of fused-ring (bicyclic) bond motifs is 2. The number of hydrogen-bond acceptors (Lipinski definition) is 6. The predicted molar refractivity (Wildman–Crippen MR) is 115 cm³/mol. The Kier molecular flexibility index (Phi) is 5.29. The van der Waals surface area contributed by atoms with E-state index in [-0.39, 0.29) is 18.2 Å². The number of ether oxygens (including phenoxy) is 2. The molecule has 1 aromatic carbocycles. The second-order valence-electron chi connectivity index (χ2n) is 8.75. The van der Waals surface area contributed by atoms with Crippen molar-refractivity contribution in [2.24, 2.45) is 0 Å². The third-order valence-corrected chi connectivity index (χ3v) is 6.03. The van der Waals surface area contributed by atoms with Crippen molar-refractivity contribution in [3.05, 3.63) is 46.6 Å². The summed E-state index contributed by atoms with van der Waals surface area (Å²) in [7, 11) is 0. The Balaban J connectivity index is 1.50. The van der Waals surface area contributed by atoms with Crippen LogP contribution in [0.4, 0.5) is 4.79 Å². The van der Waals surface area contributed by atoms with Gasteiger partial charge in [-0.1, -0.05) is 6.08 Å². The number of aromatic nitrogens is 1. The molecule has 0 N–H and O–H groups in total. The summed E-state index contributed by atoms with van der Waals surface area (Å²) in [6, 6.07) is 7.80. The molecule has 3 heterocycles. The summed E-state index contributed by atoms with van der Waals surface area (Å²) in [6.45, 7) is 7.64. The highest BCUT2D eigenvalue weighted by atomic mass is 32.1. The summed E-state index contributed by atoms with van der Waals surface area (Å²) >= 11 is 1.59. The maximum absolute atomic E-state index is 12.6. The van der Waals surface area contributed by atoms with Crippen LogP contribution in [0.25, 0.3) is 10.6 Å². The van der Waals surface area contributed by atoms with Crippen LogP contribution in [-0.2, 0) is 4.74 Å². The van der Waals surface area contributed by atoms with Gasteiger partial charge in [0.2, 0.25) is 0 Å². The lowest BCUT2D eigenvalue weighted by molar-refractivity contribution is 0.0141. The standard InChI is InChI=1S/C23H25N3O3S/c1-14-13-25-21(30-14)16-7-15(12-24)8-19(9-16)28-20-10-17-5-6-18(11-20)26(17)22(27)29-23(2,3)4/h5,7-9,13,18,20H,6,10-11H2,1-4H3/t18-,20-/m1/s1. The van der Waals surface area contributed by atoms with E-state index in [1.165, 1.54) is 0 Å². The molecular weight excluding hydrogens is 398 g/mol. The minimum atomic E-state index is -0.521. The molecule has 1 fully saturated rings. The highest BCUT2D eigenvalue weighted by Gasteiger charge is 2.41. The zero-order valence-corrected chi connectivity index (χ0v) is 18.5. The molecule has 6 nitrogen and oxygen atoms in total. The predicted octanol–water partition coefficient (Wildman–Crippen LogP) is 5.42. The van der Waals surface area contributed by atoms with Crippen LogP contribution in [0, 0.1) is 18.3 Å². The Bertz CT molecular complexity index is 1040. The maximum Gasteiger partial charge on any atom is 0.414 e. The molecule has 0 radical (unpaired) electrons. The Morgan fingerprint density at radius 1 is 1.33 bits per heavy atom. The van der Waals surface area contributed by atoms with E-state index in [1.807, 2.05) is 46.0 Å². The van der Waals surface area contributed by atoms with Crippen molar-refractivity contribution in [2.45, 2.75) is 64.7 Å². The first-order valence-electron chi connectivity index (χ1n) is 10.1. The lowest BCUT2D eigenvalue weighted by Gasteiger charge is -2.37. The van der Waals surface area contributed by atoms with E-state index < -0.39 is 5.60 Å². The number of nitrogens with zero attached hydrogens (tertiary/aromatic N) is 3. The van der Waals surface area contributed by atoms with E-state index in [9.17, 15) is 10.1 Å². The summed E-state index contributed by atoms with van der Waals surface area (Å²) in [6.07, 6.45) is 5.77. The third-order valence-electron chi connectivity index (χ3n) is 5.07. The fourth-order valence-corrected chi connectivity index (χ4v) is 4.67. The van der Waals surface area contributed by atoms with Gasteiger partial charge in [0.25, 0.3) is 0 Å². The van der Waals surface area contributed by atoms with Crippen LogP contribution in [0.1, 0.15) is 50.5 Å². The van der Waals surface area contributed by atoms with Crippen molar-refractivity contribution in [3.63, 3.8) is 0 Å². The van der Waals surface area contributed by atoms with E-state index in [2.05, 4.69) is 17.1 Å². The minimum absolute atomic E-state index is 0.0498. The molecule has 2 bridgehead atoms. The van der Waals surface area contributed by atoms with E-state index in [4.69, 9.17) is 9.47 Å². The number of carbonyl (C=O) groups excluding carboxylic acids is 1. The number of aryl methyl sites for hydroxylation is 1. The smallest absolute Gasteiger partial charge is 0.414 e. The first kappa shape index (κ1) is 20.4. The van der Waals surface area contributed by atoms with Crippen LogP contribution in [0.3, 0.4) is 0 Å². The molecule has 4 rings (SSSR count). The lowest BCUT2D eigenvalue weighted by atomic mass is 10.0. The fraction of sp³-hybridized carbons (Fsp3) is 0.435. The van der Waals surface area contributed by atoms with Crippen molar-refractivity contribution in [1.82, 2.24) is 9.88 Å². The van der Waals surface area contributed by atoms with Crippen molar-refractivity contribution in [3.8, 4) is 22.4 Å². The quantitative estimate of drug-likeness (QED) is 0.658. The van der Waals surface area contributed by atoms with E-state index in [1.54, 1.807) is 22.3 Å². The number of piperidine rings is 1. The second kappa shape index (κ2) is 7.77. The van der Waals surface area contributed by atoms with Crippen molar-refractivity contribution in [1.29, 1.82) is 5.26 Å². The van der Waals surface area contributed by atoms with E-state index in [0.29, 0.717) is 17.7 Å². The molecule has 2 aliphatic heterocycles. The number of carbonyl (C=O) groups is 1. The van der Waals surface area contributed by atoms with Gasteiger partial charge in [0.05, 0.1) is 11.6 Å². The Morgan fingerprint density at radius 3 is 2.77 bits per heavy atom. The lowest BCUT2D eigenvalue weighted by Crippen LogP contribution is -2.46. The highest BCUT2D eigenvalue weighted by Crippen LogP contribution is 2.38. The molecule has 1 aromatic heterocycles. The summed E-state index contributed by atoms with van der Waals surface area (Å²) in [5.41, 5.74) is 1.87. The molecule has 156 valence electrons. The van der Waals surface area contributed by atoms with Crippen LogP contribution in [0.2, 0.25) is 0 Å². The third kappa shape index (κ3) is 4.34. The monoisotopic (exact) mass is 423 g/mol. The SMILES string of the molecule is Cc1cnc(-c2cc(C#N)cc(O[C@@H]3CC4=CC[C@H](C3)N4C(=O)OC(C)(C)C)c2)s1. The molecular formula is C23H25N3O3S. The molecule has 0 spiro atoms. The van der Waals surface area contributed by atoms with Crippen LogP contribution in [-0.4, -0.2) is 33.7 Å². The van der Waals surface area contributed by atoms with Crippen LogP contribution >= 0.6 is 11.3 Å². The van der Waals surface area contributed by atoms with Crippen LogP contribution in [0.15, 0.2) is 36.2 Å². The molecule has 30 heavy (non-hydrogen) atoms. The van der Waals surface area contributed by atoms with Gasteiger partial charge in [-0.2, -0.15) is 5.26 Å². The van der Waals surface area contributed by atoms with Gasteiger partial charge in [0.1, 0.15) is 22.5 Å². The van der Waals surface area contributed by atoms with Gasteiger partial charge in [0, 0.05) is 41.2 Å². The average Bonchev–Trinajstić information content (AvgIpc) is 3.21. The fourth-order valence-electron chi connectivity index (χ4n) is 3.92. The first-order chi connectivity index (χ1) is 14.2. The molecule has 0 aliphatic carbocycles. The van der Waals surface area contributed by atoms with Gasteiger partial charge < -0.3 is 9.47 Å². The van der Waals surface area contributed by atoms with Gasteiger partial charge in [-0.3, -0.25) is 4.90 Å². The normalized spacial score (nSPS) is 20.5. The van der Waals surface area contributed by atoms with Gasteiger partial charge in [-0.25, -0.2) is 9.78 Å². The maximum atomic E-state index is 12.6. The molecule has 2 aliphatic rings. The summed E-state index contributed by atoms with van der Waals surface area (Å²) < 4.78 is 11.9. The molecule has 7 heteroatoms. The number of benzene rings is 1. The van der Waals surface area contributed by atoms with Crippen molar-refractivity contribution < 1.29 is 14.3 Å². The van der Waals surface area contributed by atoms with Crippen LogP contribution < -0.4 is 4.74 Å². The first-order valence-corrected chi connectivity index (χ1v) is 10.9. The van der Waals surface area contributed by atoms with Gasteiger partial charge in [0.15, 0.2) is 0 Å². The molecule has 2 atom stereocenters. The number of nitriles is 1. The minimum Gasteiger partial charge on any atom is -0.490 e. The van der Waals surface area contributed by atoms with E-state index >= 15 is 0 Å². The summed E-state index contributed by atoms with van der Waals surface area (Å²) in [4.78, 5) is 19.9. The van der Waals surface area contributed by atoms with Crippen LogP contribution in [0.5, 0.6) is 5.75 Å². The summed E-state index contributed by atoms with van der Waals surface area (Å²) in [5.74, 6) is 0.660. The topological polar surface area (TPSA) is 75.5 Å². The number of rotatable bonds is 3. The zero-order valence-electron chi connectivity index (χ0n) is 17.6. The Labute approximate surface area is 180 Å². The molecule has 0 unspecified atom stereocenters. The molecule has 1 saturated heterocycles. The Hall–Kier alpha value is -2.85. The number of hydrogen-bond donors (Lipinski definition) is 0. The average molecular weight is 424 g/mol. The largest absolute Gasteiger partial charge is 0.490 e. The van der Waals surface area contributed by atoms with Gasteiger partial charge in [-0.05, 0) is 52.3 Å². The number of thiazole rings is 1. The van der Waals surface area contributed by atoms with E-state index in [0.717, 1.165) is 34.0 Å². The van der Waals surface area contributed by atoms with Gasteiger partial charge >= 0.3 is 6.09 Å². The molecule has 1 amide bonds.